The Kier molecular flexibility index (Phi) is 3.56. The van der Waals surface area contributed by atoms with E-state index < -0.39 is 9.84 Å². The molecule has 0 spiro atoms. The molecule has 0 radical (unpaired) electrons. The van der Waals surface area contributed by atoms with Gasteiger partial charge in [0.25, 0.3) is 0 Å². The zero-order chi connectivity index (χ0) is 13.2. The van der Waals surface area contributed by atoms with Gasteiger partial charge in [-0.25, -0.2) is 8.42 Å². The van der Waals surface area contributed by atoms with Crippen molar-refractivity contribution in [1.82, 2.24) is 0 Å². The highest BCUT2D eigenvalue weighted by molar-refractivity contribution is 7.91. The summed E-state index contributed by atoms with van der Waals surface area (Å²) in [6, 6.07) is 4.89. The highest BCUT2D eigenvalue weighted by atomic mass is 32.2. The lowest BCUT2D eigenvalue weighted by molar-refractivity contribution is 0.0961. The molecule has 6 heteroatoms. The Hall–Kier alpha value is -1.56. The number of hydrogen-bond acceptors (Lipinski definition) is 5. The molecular weight excluding hydrogens is 256 g/mol. The van der Waals surface area contributed by atoms with Crippen LogP contribution in [-0.4, -0.2) is 38.9 Å². The lowest BCUT2D eigenvalue weighted by Gasteiger charge is -2.07. The molecule has 0 amide bonds. The van der Waals surface area contributed by atoms with E-state index in [4.69, 9.17) is 9.47 Å². The molecule has 0 saturated heterocycles. The third-order valence-electron chi connectivity index (χ3n) is 2.72. The first-order valence-corrected chi connectivity index (χ1v) is 7.47. The van der Waals surface area contributed by atoms with Crippen LogP contribution in [0.25, 0.3) is 0 Å². The van der Waals surface area contributed by atoms with E-state index in [2.05, 4.69) is 0 Å². The summed E-state index contributed by atoms with van der Waals surface area (Å²) in [5.41, 5.74) is 0.545. The van der Waals surface area contributed by atoms with E-state index in [-0.39, 0.29) is 30.5 Å². The lowest BCUT2D eigenvalue weighted by Crippen LogP contribution is -2.15. The van der Waals surface area contributed by atoms with Crippen molar-refractivity contribution in [2.75, 3.05) is 24.7 Å². The molecular formula is C12H14O5S. The average molecular weight is 270 g/mol. The Morgan fingerprint density at radius 2 is 2.17 bits per heavy atom. The van der Waals surface area contributed by atoms with E-state index >= 15 is 0 Å². The van der Waals surface area contributed by atoms with Gasteiger partial charge >= 0.3 is 0 Å². The molecule has 0 unspecified atom stereocenters. The van der Waals surface area contributed by atoms with Gasteiger partial charge < -0.3 is 9.47 Å². The van der Waals surface area contributed by atoms with E-state index in [0.717, 1.165) is 0 Å². The van der Waals surface area contributed by atoms with Crippen molar-refractivity contribution >= 4 is 15.6 Å². The molecule has 1 heterocycles. The van der Waals surface area contributed by atoms with Crippen molar-refractivity contribution in [3.05, 3.63) is 23.8 Å². The number of rotatable bonds is 5. The van der Waals surface area contributed by atoms with Crippen LogP contribution in [-0.2, 0) is 9.84 Å². The van der Waals surface area contributed by atoms with Crippen molar-refractivity contribution in [1.29, 1.82) is 0 Å². The molecule has 98 valence electrons. The predicted molar refractivity (Wildman–Crippen MR) is 66.1 cm³/mol. The van der Waals surface area contributed by atoms with Gasteiger partial charge in [-0.1, -0.05) is 6.92 Å². The molecule has 18 heavy (non-hydrogen) atoms. The zero-order valence-electron chi connectivity index (χ0n) is 10.0. The van der Waals surface area contributed by atoms with Crippen LogP contribution >= 0.6 is 0 Å². The van der Waals surface area contributed by atoms with Crippen molar-refractivity contribution in [2.45, 2.75) is 6.92 Å². The van der Waals surface area contributed by atoms with Crippen LogP contribution in [0.5, 0.6) is 11.5 Å². The molecule has 0 fully saturated rings. The maximum Gasteiger partial charge on any atom is 0.203 e. The normalized spacial score (nSPS) is 14.2. The van der Waals surface area contributed by atoms with Gasteiger partial charge in [0.1, 0.15) is 18.1 Å². The minimum Gasteiger partial charge on any atom is -0.492 e. The summed E-state index contributed by atoms with van der Waals surface area (Å²) in [5, 5.41) is 0. The van der Waals surface area contributed by atoms with E-state index in [1.165, 1.54) is 0 Å². The highest BCUT2D eigenvalue weighted by Crippen LogP contribution is 2.29. The summed E-state index contributed by atoms with van der Waals surface area (Å²) in [6.07, 6.45) is 0. The van der Waals surface area contributed by atoms with Crippen LogP contribution in [0.2, 0.25) is 0 Å². The Balaban J connectivity index is 1.98. The molecule has 1 aromatic carbocycles. The summed E-state index contributed by atoms with van der Waals surface area (Å²) < 4.78 is 33.0. The Morgan fingerprint density at radius 3 is 2.89 bits per heavy atom. The zero-order valence-corrected chi connectivity index (χ0v) is 10.8. The molecule has 0 aromatic heterocycles. The lowest BCUT2D eigenvalue weighted by atomic mass is 10.1. The standard InChI is InChI=1S/C12H14O5S/c1-2-18(14,15)6-5-16-9-3-4-10-11(13)8-17-12(10)7-9/h3-4,7H,2,5-6,8H2,1H3. The Labute approximate surface area is 106 Å². The second kappa shape index (κ2) is 4.97. The number of hydrogen-bond donors (Lipinski definition) is 0. The molecule has 0 aliphatic carbocycles. The van der Waals surface area contributed by atoms with Crippen molar-refractivity contribution in [2.24, 2.45) is 0 Å². The maximum atomic E-state index is 11.3. The number of sulfone groups is 1. The smallest absolute Gasteiger partial charge is 0.203 e. The molecule has 2 rings (SSSR count). The molecule has 1 aromatic rings. The largest absolute Gasteiger partial charge is 0.492 e. The maximum absolute atomic E-state index is 11.3. The number of Topliss-reactive ketones (excluding diaryl/α,β-unsaturated/α-hetero) is 1. The van der Waals surface area contributed by atoms with Gasteiger partial charge in [-0.15, -0.1) is 0 Å². The molecule has 0 atom stereocenters. The Morgan fingerprint density at radius 1 is 1.39 bits per heavy atom. The fraction of sp³-hybridized carbons (Fsp3) is 0.417. The predicted octanol–water partition coefficient (Wildman–Crippen LogP) is 1.08. The van der Waals surface area contributed by atoms with Gasteiger partial charge in [0.15, 0.2) is 16.4 Å². The third kappa shape index (κ3) is 2.81. The van der Waals surface area contributed by atoms with Crippen molar-refractivity contribution < 1.29 is 22.7 Å². The monoisotopic (exact) mass is 270 g/mol. The molecule has 1 aliphatic rings. The van der Waals surface area contributed by atoms with Crippen LogP contribution in [0.1, 0.15) is 17.3 Å². The summed E-state index contributed by atoms with van der Waals surface area (Å²) in [4.78, 5) is 11.3. The van der Waals surface area contributed by atoms with Crippen LogP contribution in [0, 0.1) is 0 Å². The van der Waals surface area contributed by atoms with Gasteiger partial charge in [-0.05, 0) is 12.1 Å². The SMILES string of the molecule is CCS(=O)(=O)CCOc1ccc2c(c1)OCC2=O. The molecule has 5 nitrogen and oxygen atoms in total. The van der Waals surface area contributed by atoms with E-state index in [1.54, 1.807) is 25.1 Å². The van der Waals surface area contributed by atoms with Crippen molar-refractivity contribution in [3.63, 3.8) is 0 Å². The van der Waals surface area contributed by atoms with Crippen LogP contribution < -0.4 is 9.47 Å². The fourth-order valence-corrected chi connectivity index (χ4v) is 2.22. The van der Waals surface area contributed by atoms with Crippen LogP contribution in [0.3, 0.4) is 0 Å². The van der Waals surface area contributed by atoms with E-state index in [1.807, 2.05) is 0 Å². The fourth-order valence-electron chi connectivity index (χ4n) is 1.59. The van der Waals surface area contributed by atoms with E-state index in [9.17, 15) is 13.2 Å². The van der Waals surface area contributed by atoms with Gasteiger partial charge in [0.05, 0.1) is 11.3 Å². The number of fused-ring (bicyclic) bond motifs is 1. The molecule has 0 N–H and O–H groups in total. The Bertz CT molecular complexity index is 562. The molecule has 0 saturated carbocycles. The van der Waals surface area contributed by atoms with E-state index in [0.29, 0.717) is 17.1 Å². The number of ketones is 1. The second-order valence-corrected chi connectivity index (χ2v) is 6.43. The quantitative estimate of drug-likeness (QED) is 0.800. The first kappa shape index (κ1) is 12.9. The molecule has 1 aliphatic heterocycles. The van der Waals surface area contributed by atoms with Crippen molar-refractivity contribution in [3.8, 4) is 11.5 Å². The minimum atomic E-state index is -3.02. The van der Waals surface area contributed by atoms with Crippen LogP contribution in [0.15, 0.2) is 18.2 Å². The van der Waals surface area contributed by atoms with Gasteiger partial charge in [0, 0.05) is 11.8 Å². The van der Waals surface area contributed by atoms with Crippen LogP contribution in [0.4, 0.5) is 0 Å². The minimum absolute atomic E-state index is 0.0135. The average Bonchev–Trinajstić information content (AvgIpc) is 2.71. The first-order chi connectivity index (χ1) is 8.52. The summed E-state index contributed by atoms with van der Waals surface area (Å²) in [6.45, 7) is 1.76. The van der Waals surface area contributed by atoms with Gasteiger partial charge in [0.2, 0.25) is 5.78 Å². The number of benzene rings is 1. The number of carbonyl (C=O) groups excluding carboxylic acids is 1. The summed E-state index contributed by atoms with van der Waals surface area (Å²) in [7, 11) is -3.02. The van der Waals surface area contributed by atoms with Gasteiger partial charge in [-0.2, -0.15) is 0 Å². The number of carbonyl (C=O) groups is 1. The second-order valence-electron chi connectivity index (χ2n) is 3.95. The first-order valence-electron chi connectivity index (χ1n) is 5.65. The third-order valence-corrected chi connectivity index (χ3v) is 4.38. The highest BCUT2D eigenvalue weighted by Gasteiger charge is 2.21. The number of ether oxygens (including phenoxy) is 2. The summed E-state index contributed by atoms with van der Waals surface area (Å²) >= 11 is 0. The summed E-state index contributed by atoms with van der Waals surface area (Å²) in [5.74, 6) is 1.05. The molecule has 0 bridgehead atoms. The van der Waals surface area contributed by atoms with Gasteiger partial charge in [-0.3, -0.25) is 4.79 Å². The topological polar surface area (TPSA) is 69.7 Å².